The van der Waals surface area contributed by atoms with Gasteiger partial charge in [0.2, 0.25) is 0 Å². The van der Waals surface area contributed by atoms with Gasteiger partial charge in [-0.3, -0.25) is 4.98 Å². The molecule has 0 aliphatic rings. The Hall–Kier alpha value is -1.61. The third-order valence-electron chi connectivity index (χ3n) is 2.44. The van der Waals surface area contributed by atoms with Crippen molar-refractivity contribution in [2.45, 2.75) is 6.42 Å². The molecule has 0 aliphatic heterocycles. The molecule has 78 valence electrons. The number of nitrogens with zero attached hydrogens (tertiary/aromatic N) is 1. The maximum absolute atomic E-state index is 5.57. The Kier molecular flexibility index (Phi) is 2.83. The number of hydrogen-bond donors (Lipinski definition) is 1. The predicted molar refractivity (Wildman–Crippen MR) is 61.1 cm³/mol. The molecule has 1 heterocycles. The molecule has 0 saturated carbocycles. The van der Waals surface area contributed by atoms with E-state index in [1.54, 1.807) is 13.3 Å². The summed E-state index contributed by atoms with van der Waals surface area (Å²) in [5.74, 6) is 0.784. The Morgan fingerprint density at radius 1 is 1.40 bits per heavy atom. The topological polar surface area (TPSA) is 48.1 Å². The van der Waals surface area contributed by atoms with Gasteiger partial charge in [-0.2, -0.15) is 0 Å². The lowest BCUT2D eigenvalue weighted by Crippen LogP contribution is -2.03. The van der Waals surface area contributed by atoms with E-state index < -0.39 is 0 Å². The zero-order valence-electron chi connectivity index (χ0n) is 8.73. The molecule has 15 heavy (non-hydrogen) atoms. The van der Waals surface area contributed by atoms with Gasteiger partial charge in [-0.25, -0.2) is 0 Å². The van der Waals surface area contributed by atoms with Gasteiger partial charge in [0.05, 0.1) is 18.8 Å². The van der Waals surface area contributed by atoms with E-state index in [1.165, 1.54) is 5.56 Å². The second kappa shape index (κ2) is 4.28. The lowest BCUT2D eigenvalue weighted by molar-refractivity contribution is 0.413. The molecule has 2 rings (SSSR count). The minimum atomic E-state index is 0.649. The van der Waals surface area contributed by atoms with Crippen LogP contribution in [0.15, 0.2) is 30.5 Å². The second-order valence-corrected chi connectivity index (χ2v) is 3.40. The van der Waals surface area contributed by atoms with Crippen molar-refractivity contribution in [2.75, 3.05) is 13.7 Å². The van der Waals surface area contributed by atoms with Crippen molar-refractivity contribution in [3.05, 3.63) is 36.0 Å². The molecule has 0 amide bonds. The van der Waals surface area contributed by atoms with Crippen molar-refractivity contribution in [3.8, 4) is 5.75 Å². The fourth-order valence-electron chi connectivity index (χ4n) is 1.68. The Morgan fingerprint density at radius 2 is 2.27 bits per heavy atom. The molecule has 1 aromatic carbocycles. The smallest absolute Gasteiger partial charge is 0.137 e. The van der Waals surface area contributed by atoms with E-state index in [9.17, 15) is 0 Å². The lowest BCUT2D eigenvalue weighted by atomic mass is 10.1. The van der Waals surface area contributed by atoms with Gasteiger partial charge in [0, 0.05) is 5.39 Å². The molecule has 0 bridgehead atoms. The Morgan fingerprint density at radius 3 is 3.00 bits per heavy atom. The van der Waals surface area contributed by atoms with Crippen molar-refractivity contribution in [2.24, 2.45) is 5.73 Å². The summed E-state index contributed by atoms with van der Waals surface area (Å²) in [6.07, 6.45) is 2.60. The fraction of sp³-hybridized carbons (Fsp3) is 0.250. The molecule has 0 saturated heterocycles. The minimum absolute atomic E-state index is 0.649. The number of fused-ring (bicyclic) bond motifs is 1. The van der Waals surface area contributed by atoms with Crippen LogP contribution in [-0.4, -0.2) is 18.6 Å². The van der Waals surface area contributed by atoms with Crippen LogP contribution >= 0.6 is 0 Å². The number of ether oxygens (including phenoxy) is 1. The average molecular weight is 202 g/mol. The van der Waals surface area contributed by atoms with Gasteiger partial charge < -0.3 is 10.5 Å². The highest BCUT2D eigenvalue weighted by atomic mass is 16.5. The van der Waals surface area contributed by atoms with Crippen LogP contribution < -0.4 is 10.5 Å². The van der Waals surface area contributed by atoms with Crippen molar-refractivity contribution < 1.29 is 4.74 Å². The highest BCUT2D eigenvalue weighted by Crippen LogP contribution is 2.21. The number of methoxy groups -OCH3 is 1. The first kappa shape index (κ1) is 9.93. The Balaban J connectivity index is 2.59. The van der Waals surface area contributed by atoms with E-state index in [1.807, 2.05) is 18.2 Å². The molecule has 0 unspecified atom stereocenters. The predicted octanol–water partition coefficient (Wildman–Crippen LogP) is 1.74. The van der Waals surface area contributed by atoms with Crippen LogP contribution in [0.5, 0.6) is 5.75 Å². The third kappa shape index (κ3) is 1.92. The van der Waals surface area contributed by atoms with Crippen LogP contribution in [0, 0.1) is 0 Å². The average Bonchev–Trinajstić information content (AvgIpc) is 2.29. The summed E-state index contributed by atoms with van der Waals surface area (Å²) in [5, 5.41) is 1.13. The molecule has 0 atom stereocenters. The standard InChI is InChI=1S/C12H14N2O/c1-15-10-7-11-9(5-6-13)3-2-4-12(11)14-8-10/h2-4,7-8H,5-6,13H2,1H3. The van der Waals surface area contributed by atoms with Crippen molar-refractivity contribution in [1.82, 2.24) is 4.98 Å². The third-order valence-corrected chi connectivity index (χ3v) is 2.44. The zero-order chi connectivity index (χ0) is 10.7. The molecule has 0 spiro atoms. The number of aromatic nitrogens is 1. The summed E-state index contributed by atoms with van der Waals surface area (Å²) in [5.41, 5.74) is 7.78. The number of benzene rings is 1. The van der Waals surface area contributed by atoms with Gasteiger partial charge >= 0.3 is 0 Å². The molecular formula is C12H14N2O. The van der Waals surface area contributed by atoms with Crippen molar-refractivity contribution in [3.63, 3.8) is 0 Å². The summed E-state index contributed by atoms with van der Waals surface area (Å²) < 4.78 is 5.16. The fourth-order valence-corrected chi connectivity index (χ4v) is 1.68. The van der Waals surface area contributed by atoms with Gasteiger partial charge in [0.15, 0.2) is 0 Å². The second-order valence-electron chi connectivity index (χ2n) is 3.40. The van der Waals surface area contributed by atoms with Crippen LogP contribution in [0.3, 0.4) is 0 Å². The summed E-state index contributed by atoms with van der Waals surface area (Å²) in [7, 11) is 1.65. The molecule has 3 heteroatoms. The van der Waals surface area contributed by atoms with Gasteiger partial charge in [-0.1, -0.05) is 12.1 Å². The SMILES string of the molecule is COc1cnc2cccc(CCN)c2c1. The minimum Gasteiger partial charge on any atom is -0.495 e. The molecule has 2 N–H and O–H groups in total. The zero-order valence-corrected chi connectivity index (χ0v) is 8.73. The van der Waals surface area contributed by atoms with Gasteiger partial charge in [0.1, 0.15) is 5.75 Å². The van der Waals surface area contributed by atoms with Crippen LogP contribution in [0.1, 0.15) is 5.56 Å². The Labute approximate surface area is 88.9 Å². The first-order valence-corrected chi connectivity index (χ1v) is 4.97. The van der Waals surface area contributed by atoms with Gasteiger partial charge in [-0.05, 0) is 30.7 Å². The normalized spacial score (nSPS) is 10.5. The van der Waals surface area contributed by atoms with E-state index in [0.717, 1.165) is 23.1 Å². The number of nitrogens with two attached hydrogens (primary N) is 1. The van der Waals surface area contributed by atoms with Crippen LogP contribution in [-0.2, 0) is 6.42 Å². The van der Waals surface area contributed by atoms with Crippen LogP contribution in [0.25, 0.3) is 10.9 Å². The highest BCUT2D eigenvalue weighted by molar-refractivity contribution is 5.83. The lowest BCUT2D eigenvalue weighted by Gasteiger charge is -2.06. The molecule has 3 nitrogen and oxygen atoms in total. The van der Waals surface area contributed by atoms with Crippen LogP contribution in [0.4, 0.5) is 0 Å². The van der Waals surface area contributed by atoms with E-state index in [-0.39, 0.29) is 0 Å². The quantitative estimate of drug-likeness (QED) is 0.824. The first-order chi connectivity index (χ1) is 7.35. The van der Waals surface area contributed by atoms with Gasteiger partial charge in [-0.15, -0.1) is 0 Å². The van der Waals surface area contributed by atoms with E-state index in [2.05, 4.69) is 11.1 Å². The highest BCUT2D eigenvalue weighted by Gasteiger charge is 2.02. The summed E-state index contributed by atoms with van der Waals surface area (Å²) >= 11 is 0. The molecule has 1 aromatic heterocycles. The number of rotatable bonds is 3. The monoisotopic (exact) mass is 202 g/mol. The molecule has 0 fully saturated rings. The summed E-state index contributed by atoms with van der Waals surface area (Å²) in [4.78, 5) is 4.33. The molecule has 2 aromatic rings. The Bertz CT molecular complexity index is 468. The summed E-state index contributed by atoms with van der Waals surface area (Å²) in [6.45, 7) is 0.649. The van der Waals surface area contributed by atoms with E-state index >= 15 is 0 Å². The molecule has 0 aliphatic carbocycles. The van der Waals surface area contributed by atoms with Crippen molar-refractivity contribution >= 4 is 10.9 Å². The maximum atomic E-state index is 5.57. The van der Waals surface area contributed by atoms with E-state index in [0.29, 0.717) is 6.54 Å². The first-order valence-electron chi connectivity index (χ1n) is 4.97. The molecule has 0 radical (unpaired) electrons. The van der Waals surface area contributed by atoms with Gasteiger partial charge in [0.25, 0.3) is 0 Å². The molecular weight excluding hydrogens is 188 g/mol. The maximum Gasteiger partial charge on any atom is 0.137 e. The largest absolute Gasteiger partial charge is 0.495 e. The van der Waals surface area contributed by atoms with Crippen LogP contribution in [0.2, 0.25) is 0 Å². The number of pyridine rings is 1. The van der Waals surface area contributed by atoms with Crippen molar-refractivity contribution in [1.29, 1.82) is 0 Å². The van der Waals surface area contributed by atoms with E-state index in [4.69, 9.17) is 10.5 Å². The summed E-state index contributed by atoms with van der Waals surface area (Å²) in [6, 6.07) is 8.09. The number of hydrogen-bond acceptors (Lipinski definition) is 3.